The molecule has 0 saturated heterocycles. The van der Waals surface area contributed by atoms with Gasteiger partial charge in [0.25, 0.3) is 0 Å². The van der Waals surface area contributed by atoms with Gasteiger partial charge in [0, 0.05) is 0 Å². The predicted octanol–water partition coefficient (Wildman–Crippen LogP) is 2.90. The normalized spacial score (nSPS) is 12.2. The number of ether oxygens (including phenoxy) is 1. The summed E-state index contributed by atoms with van der Waals surface area (Å²) in [7, 11) is 0. The number of carbonyl (C=O) groups excluding carboxylic acids is 2. The molecule has 0 N–H and O–H groups in total. The lowest BCUT2D eigenvalue weighted by Gasteiger charge is -2.10. The molecule has 4 heteroatoms. The van der Waals surface area contributed by atoms with E-state index < -0.39 is 17.1 Å². The average molecular weight is 235 g/mol. The van der Waals surface area contributed by atoms with Crippen LogP contribution < -0.4 is 0 Å². The fraction of sp³-hybridized carbons (Fsp3) is 0.818. The van der Waals surface area contributed by atoms with Gasteiger partial charge in [0.2, 0.25) is 5.24 Å². The number of carbonyl (C=O) groups is 2. The second kappa shape index (κ2) is 8.72. The Hall–Kier alpha value is -0.570. The van der Waals surface area contributed by atoms with E-state index in [1.54, 1.807) is 6.92 Å². The molecule has 88 valence electrons. The summed E-state index contributed by atoms with van der Waals surface area (Å²) in [4.78, 5) is 22.3. The van der Waals surface area contributed by atoms with Gasteiger partial charge in [-0.25, -0.2) is 0 Å². The van der Waals surface area contributed by atoms with Crippen molar-refractivity contribution in [2.75, 3.05) is 6.61 Å². The van der Waals surface area contributed by atoms with Gasteiger partial charge in [0.1, 0.15) is 5.92 Å². The molecule has 0 fully saturated rings. The quantitative estimate of drug-likeness (QED) is 0.281. The maximum atomic E-state index is 11.3. The second-order valence-electron chi connectivity index (χ2n) is 3.46. The molecule has 0 aromatic rings. The summed E-state index contributed by atoms with van der Waals surface area (Å²) in [5.41, 5.74) is 0. The van der Waals surface area contributed by atoms with Gasteiger partial charge >= 0.3 is 5.97 Å². The second-order valence-corrected chi connectivity index (χ2v) is 3.83. The van der Waals surface area contributed by atoms with E-state index in [0.717, 1.165) is 25.7 Å². The highest BCUT2D eigenvalue weighted by Gasteiger charge is 2.25. The molecule has 0 rings (SSSR count). The van der Waals surface area contributed by atoms with Crippen LogP contribution in [0.1, 0.15) is 46.0 Å². The lowest BCUT2D eigenvalue weighted by molar-refractivity contribution is -0.150. The zero-order valence-electron chi connectivity index (χ0n) is 9.42. The van der Waals surface area contributed by atoms with Crippen LogP contribution in [0.25, 0.3) is 0 Å². The third-order valence-electron chi connectivity index (χ3n) is 2.19. The van der Waals surface area contributed by atoms with Crippen molar-refractivity contribution in [2.24, 2.45) is 5.92 Å². The maximum absolute atomic E-state index is 11.3. The van der Waals surface area contributed by atoms with Crippen molar-refractivity contribution >= 4 is 22.8 Å². The smallest absolute Gasteiger partial charge is 0.317 e. The molecular formula is C11H19ClO3. The van der Waals surface area contributed by atoms with E-state index in [1.165, 1.54) is 0 Å². The van der Waals surface area contributed by atoms with Gasteiger partial charge in [-0.3, -0.25) is 9.59 Å². The molecule has 15 heavy (non-hydrogen) atoms. The molecule has 0 radical (unpaired) electrons. The van der Waals surface area contributed by atoms with Crippen LogP contribution in [-0.4, -0.2) is 17.8 Å². The number of rotatable bonds is 8. The summed E-state index contributed by atoms with van der Waals surface area (Å²) >= 11 is 5.35. The summed E-state index contributed by atoms with van der Waals surface area (Å²) in [6, 6.07) is 0. The van der Waals surface area contributed by atoms with Crippen LogP contribution in [-0.2, 0) is 14.3 Å². The monoisotopic (exact) mass is 234 g/mol. The molecule has 0 saturated carbocycles. The summed E-state index contributed by atoms with van der Waals surface area (Å²) in [6.07, 6.45) is 4.61. The Morgan fingerprint density at radius 3 is 2.33 bits per heavy atom. The summed E-state index contributed by atoms with van der Waals surface area (Å²) in [5, 5.41) is -0.607. The first-order valence-electron chi connectivity index (χ1n) is 5.49. The lowest BCUT2D eigenvalue weighted by Crippen LogP contribution is -2.23. The van der Waals surface area contributed by atoms with Crippen molar-refractivity contribution in [3.63, 3.8) is 0 Å². The number of hydrogen-bond acceptors (Lipinski definition) is 3. The van der Waals surface area contributed by atoms with Gasteiger partial charge in [0.05, 0.1) is 6.61 Å². The average Bonchev–Trinajstić information content (AvgIpc) is 2.17. The number of esters is 1. The van der Waals surface area contributed by atoms with Crippen LogP contribution in [0.15, 0.2) is 0 Å². The van der Waals surface area contributed by atoms with Crippen molar-refractivity contribution in [3.05, 3.63) is 0 Å². The topological polar surface area (TPSA) is 43.4 Å². The number of unbranched alkanes of at least 4 members (excludes halogenated alkanes) is 3. The zero-order chi connectivity index (χ0) is 11.7. The molecule has 0 aromatic carbocycles. The van der Waals surface area contributed by atoms with Crippen LogP contribution >= 0.6 is 11.6 Å². The van der Waals surface area contributed by atoms with E-state index in [0.29, 0.717) is 6.42 Å². The third kappa shape index (κ3) is 6.50. The minimum absolute atomic E-state index is 0.286. The molecule has 3 nitrogen and oxygen atoms in total. The van der Waals surface area contributed by atoms with Gasteiger partial charge in [-0.1, -0.05) is 32.6 Å². The molecule has 1 unspecified atom stereocenters. The third-order valence-corrected chi connectivity index (χ3v) is 2.45. The van der Waals surface area contributed by atoms with Gasteiger partial charge in [-0.15, -0.1) is 0 Å². The van der Waals surface area contributed by atoms with Crippen LogP contribution in [0, 0.1) is 5.92 Å². The highest BCUT2D eigenvalue weighted by molar-refractivity contribution is 6.65. The summed E-state index contributed by atoms with van der Waals surface area (Å²) in [5.74, 6) is -1.27. The van der Waals surface area contributed by atoms with Crippen LogP contribution in [0.2, 0.25) is 0 Å². The Labute approximate surface area is 96.1 Å². The fourth-order valence-electron chi connectivity index (χ4n) is 1.34. The van der Waals surface area contributed by atoms with E-state index in [4.69, 9.17) is 16.3 Å². The van der Waals surface area contributed by atoms with Crippen molar-refractivity contribution in [2.45, 2.75) is 46.0 Å². The molecule has 1 atom stereocenters. The fourth-order valence-corrected chi connectivity index (χ4v) is 1.54. The van der Waals surface area contributed by atoms with Crippen LogP contribution in [0.3, 0.4) is 0 Å². The first-order chi connectivity index (χ1) is 7.13. The van der Waals surface area contributed by atoms with E-state index in [2.05, 4.69) is 6.92 Å². The van der Waals surface area contributed by atoms with Gasteiger partial charge in [0.15, 0.2) is 0 Å². The Bertz CT molecular complexity index is 204. The van der Waals surface area contributed by atoms with E-state index in [9.17, 15) is 9.59 Å². The van der Waals surface area contributed by atoms with Gasteiger partial charge < -0.3 is 4.74 Å². The van der Waals surface area contributed by atoms with E-state index in [1.807, 2.05) is 0 Å². The largest absolute Gasteiger partial charge is 0.465 e. The highest BCUT2D eigenvalue weighted by atomic mass is 35.5. The number of hydrogen-bond donors (Lipinski definition) is 0. The van der Waals surface area contributed by atoms with Crippen molar-refractivity contribution < 1.29 is 14.3 Å². The van der Waals surface area contributed by atoms with Crippen molar-refractivity contribution in [1.82, 2.24) is 0 Å². The molecule has 0 aliphatic rings. The van der Waals surface area contributed by atoms with Crippen molar-refractivity contribution in [3.8, 4) is 0 Å². The van der Waals surface area contributed by atoms with Gasteiger partial charge in [-0.2, -0.15) is 0 Å². The minimum Gasteiger partial charge on any atom is -0.465 e. The van der Waals surface area contributed by atoms with E-state index >= 15 is 0 Å². The molecule has 0 heterocycles. The number of halogens is 1. The molecule has 0 spiro atoms. The SMILES string of the molecule is CCCCCCC(C(=O)Cl)C(=O)OCC. The first kappa shape index (κ1) is 14.4. The Morgan fingerprint density at radius 1 is 1.20 bits per heavy atom. The minimum atomic E-state index is -0.775. The summed E-state index contributed by atoms with van der Waals surface area (Å²) in [6.45, 7) is 4.11. The predicted molar refractivity (Wildman–Crippen MR) is 59.7 cm³/mol. The Kier molecular flexibility index (Phi) is 8.38. The standard InChI is InChI=1S/C11H19ClO3/c1-3-5-6-7-8-9(10(12)13)11(14)15-4-2/h9H,3-8H2,1-2H3. The first-order valence-corrected chi connectivity index (χ1v) is 5.87. The van der Waals surface area contributed by atoms with Crippen molar-refractivity contribution in [1.29, 1.82) is 0 Å². The molecular weight excluding hydrogens is 216 g/mol. The molecule has 0 aliphatic heterocycles. The molecule has 0 aliphatic carbocycles. The lowest BCUT2D eigenvalue weighted by atomic mass is 10.0. The molecule has 0 amide bonds. The van der Waals surface area contributed by atoms with E-state index in [-0.39, 0.29) is 6.61 Å². The maximum Gasteiger partial charge on any atom is 0.317 e. The molecule has 0 bridgehead atoms. The summed E-state index contributed by atoms with van der Waals surface area (Å²) < 4.78 is 4.78. The van der Waals surface area contributed by atoms with Gasteiger partial charge in [-0.05, 0) is 24.9 Å². The van der Waals surface area contributed by atoms with Crippen LogP contribution in [0.5, 0.6) is 0 Å². The Morgan fingerprint density at radius 2 is 1.87 bits per heavy atom. The molecule has 0 aromatic heterocycles. The Balaban J connectivity index is 3.94. The zero-order valence-corrected chi connectivity index (χ0v) is 10.2. The highest BCUT2D eigenvalue weighted by Crippen LogP contribution is 2.15. The van der Waals surface area contributed by atoms with Crippen LogP contribution in [0.4, 0.5) is 0 Å².